The number of likely N-dealkylation sites (tertiary alicyclic amines) is 2. The van der Waals surface area contributed by atoms with Gasteiger partial charge in [0.1, 0.15) is 0 Å². The van der Waals surface area contributed by atoms with Gasteiger partial charge in [0.15, 0.2) is 0 Å². The number of urea groups is 1. The van der Waals surface area contributed by atoms with E-state index in [1.807, 2.05) is 4.90 Å². The summed E-state index contributed by atoms with van der Waals surface area (Å²) in [6.45, 7) is 4.05. The van der Waals surface area contributed by atoms with Crippen molar-refractivity contribution >= 4 is 41.2 Å². The van der Waals surface area contributed by atoms with Crippen molar-refractivity contribution in [2.75, 3.05) is 50.8 Å². The highest BCUT2D eigenvalue weighted by molar-refractivity contribution is 6.34. The van der Waals surface area contributed by atoms with Gasteiger partial charge in [0.2, 0.25) is 5.91 Å². The van der Waals surface area contributed by atoms with E-state index in [-0.39, 0.29) is 24.8 Å². The number of anilines is 1. The molecule has 0 aromatic heterocycles. The number of rotatable bonds is 7. The first-order valence-electron chi connectivity index (χ1n) is 12.6. The zero-order valence-corrected chi connectivity index (χ0v) is 21.0. The molecule has 0 unspecified atom stereocenters. The van der Waals surface area contributed by atoms with Crippen LogP contribution in [-0.2, 0) is 9.53 Å². The Morgan fingerprint density at radius 1 is 1.00 bits per heavy atom. The van der Waals surface area contributed by atoms with E-state index < -0.39 is 12.1 Å². The third-order valence-corrected chi connectivity index (χ3v) is 7.67. The predicted molar refractivity (Wildman–Crippen MR) is 133 cm³/mol. The van der Waals surface area contributed by atoms with Gasteiger partial charge in [-0.25, -0.2) is 9.59 Å². The monoisotopic (exact) mass is 520 g/mol. The molecule has 0 bridgehead atoms. The van der Waals surface area contributed by atoms with E-state index in [0.29, 0.717) is 67.5 Å². The van der Waals surface area contributed by atoms with Gasteiger partial charge < -0.3 is 19.6 Å². The number of amides is 5. The molecule has 36 heavy (non-hydrogen) atoms. The van der Waals surface area contributed by atoms with E-state index in [1.54, 1.807) is 18.2 Å². The molecule has 0 radical (unpaired) electrons. The van der Waals surface area contributed by atoms with Crippen LogP contribution in [0.2, 0.25) is 5.02 Å². The van der Waals surface area contributed by atoms with E-state index >= 15 is 0 Å². The van der Waals surface area contributed by atoms with Crippen LogP contribution in [0.4, 0.5) is 15.3 Å². The number of carbonyl (C=O) groups is 4. The van der Waals surface area contributed by atoms with E-state index in [0.717, 1.165) is 32.1 Å². The topological polar surface area (TPSA) is 119 Å². The lowest BCUT2D eigenvalue weighted by atomic mass is 9.94. The van der Waals surface area contributed by atoms with Gasteiger partial charge in [-0.1, -0.05) is 11.6 Å². The van der Waals surface area contributed by atoms with Crippen LogP contribution in [-0.4, -0.2) is 84.8 Å². The molecule has 3 saturated heterocycles. The van der Waals surface area contributed by atoms with Crippen LogP contribution in [0.25, 0.3) is 0 Å². The second kappa shape index (κ2) is 11.9. The molecule has 3 fully saturated rings. The first-order valence-corrected chi connectivity index (χ1v) is 13.0. The van der Waals surface area contributed by atoms with E-state index in [1.165, 1.54) is 9.80 Å². The fourth-order valence-electron chi connectivity index (χ4n) is 5.04. The first kappa shape index (κ1) is 26.2. The Balaban J connectivity index is 1.20. The Hall–Kier alpha value is -2.85. The largest absolute Gasteiger partial charge is 0.465 e. The zero-order chi connectivity index (χ0) is 25.7. The summed E-state index contributed by atoms with van der Waals surface area (Å²) in [6.07, 6.45) is 3.80. The van der Waals surface area contributed by atoms with Gasteiger partial charge >= 0.3 is 12.1 Å². The van der Waals surface area contributed by atoms with Gasteiger partial charge in [-0.3, -0.25) is 19.8 Å². The molecule has 1 aromatic carbocycles. The van der Waals surface area contributed by atoms with E-state index in [2.05, 4.69) is 5.32 Å². The summed E-state index contributed by atoms with van der Waals surface area (Å²) >= 11 is 6.30. The minimum atomic E-state index is -0.835. The average molecular weight is 521 g/mol. The molecule has 196 valence electrons. The molecule has 0 spiro atoms. The maximum atomic E-state index is 13.1. The minimum absolute atomic E-state index is 0.103. The minimum Gasteiger partial charge on any atom is -0.465 e. The molecule has 3 aliphatic rings. The summed E-state index contributed by atoms with van der Waals surface area (Å²) < 4.78 is 5.93. The van der Waals surface area contributed by atoms with Crippen LogP contribution in [0.1, 0.15) is 48.9 Å². The maximum Gasteiger partial charge on any atom is 0.407 e. The lowest BCUT2D eigenvalue weighted by molar-refractivity contribution is -0.120. The Kier molecular flexibility index (Phi) is 8.68. The highest BCUT2D eigenvalue weighted by Crippen LogP contribution is 2.30. The highest BCUT2D eigenvalue weighted by atomic mass is 35.5. The Morgan fingerprint density at radius 3 is 2.33 bits per heavy atom. The van der Waals surface area contributed by atoms with Crippen molar-refractivity contribution in [2.45, 2.75) is 38.5 Å². The van der Waals surface area contributed by atoms with Gasteiger partial charge in [0.25, 0.3) is 5.91 Å². The van der Waals surface area contributed by atoms with Crippen LogP contribution in [0, 0.1) is 11.8 Å². The molecule has 10 nitrogen and oxygen atoms in total. The Labute approximate surface area is 215 Å². The third-order valence-electron chi connectivity index (χ3n) is 7.35. The van der Waals surface area contributed by atoms with Crippen LogP contribution >= 0.6 is 11.6 Å². The van der Waals surface area contributed by atoms with Gasteiger partial charge in [-0.2, -0.15) is 0 Å². The van der Waals surface area contributed by atoms with E-state index in [9.17, 15) is 19.2 Å². The van der Waals surface area contributed by atoms with E-state index in [4.69, 9.17) is 21.4 Å². The number of imide groups is 1. The average Bonchev–Trinajstić information content (AvgIpc) is 2.87. The van der Waals surface area contributed by atoms with Crippen molar-refractivity contribution in [3.63, 3.8) is 0 Å². The normalized spacial score (nSPS) is 20.0. The number of ether oxygens (including phenoxy) is 1. The number of hydrogen-bond acceptors (Lipinski definition) is 5. The summed E-state index contributed by atoms with van der Waals surface area (Å²) in [6, 6.07) is 4.36. The number of nitrogens with one attached hydrogen (secondary N) is 1. The molecule has 1 aromatic rings. The fourth-order valence-corrected chi connectivity index (χ4v) is 5.26. The lowest BCUT2D eigenvalue weighted by Gasteiger charge is -2.33. The number of carboxylic acid groups (broad SMARTS) is 1. The van der Waals surface area contributed by atoms with Crippen molar-refractivity contribution in [2.24, 2.45) is 11.8 Å². The first-order chi connectivity index (χ1) is 17.3. The van der Waals surface area contributed by atoms with Crippen LogP contribution in [0.5, 0.6) is 0 Å². The molecule has 5 amide bonds. The number of halogens is 1. The number of piperidine rings is 2. The number of benzene rings is 1. The molecule has 0 saturated carbocycles. The number of hydrogen-bond donors (Lipinski definition) is 2. The summed E-state index contributed by atoms with van der Waals surface area (Å²) in [4.78, 5) is 52.5. The molecule has 3 heterocycles. The fraction of sp³-hybridized carbons (Fsp3) is 0.600. The van der Waals surface area contributed by atoms with Crippen LogP contribution < -0.4 is 10.2 Å². The van der Waals surface area contributed by atoms with Crippen molar-refractivity contribution in [1.29, 1.82) is 0 Å². The summed E-state index contributed by atoms with van der Waals surface area (Å²) in [5, 5.41) is 11.7. The second-order valence-electron chi connectivity index (χ2n) is 9.73. The third kappa shape index (κ3) is 6.47. The molecule has 4 rings (SSSR count). The standard InChI is InChI=1S/C25H33ClN4O6/c26-20-2-1-19(15-21(20)30-13-7-22(31)27-24(30)33)23(32)28-9-5-18(6-10-28)16-36-14-8-17-3-11-29(12-4-17)25(34)35/h1-2,15,17-18H,3-14,16H2,(H,34,35)(H,27,31,33). The molecule has 2 N–H and O–H groups in total. The van der Waals surface area contributed by atoms with Crippen molar-refractivity contribution < 1.29 is 29.0 Å². The van der Waals surface area contributed by atoms with Crippen LogP contribution in [0.15, 0.2) is 18.2 Å². The maximum absolute atomic E-state index is 13.1. The van der Waals surface area contributed by atoms with Gasteiger partial charge in [-0.05, 0) is 62.1 Å². The predicted octanol–water partition coefficient (Wildman–Crippen LogP) is 3.44. The molecule has 0 aliphatic carbocycles. The SMILES string of the molecule is O=C1CCN(c2cc(C(=O)N3CCC(COCCC4CCN(C(=O)O)CC4)CC3)ccc2Cl)C(=O)N1. The molecule has 3 aliphatic heterocycles. The van der Waals surface area contributed by atoms with Gasteiger partial charge in [0.05, 0.1) is 10.7 Å². The van der Waals surface area contributed by atoms with Crippen molar-refractivity contribution in [3.05, 3.63) is 28.8 Å². The Morgan fingerprint density at radius 2 is 1.67 bits per heavy atom. The molecule has 0 atom stereocenters. The van der Waals surface area contributed by atoms with Crippen molar-refractivity contribution in [1.82, 2.24) is 15.1 Å². The Bertz CT molecular complexity index is 989. The van der Waals surface area contributed by atoms with Crippen LogP contribution in [0.3, 0.4) is 0 Å². The van der Waals surface area contributed by atoms with Gasteiger partial charge in [-0.15, -0.1) is 0 Å². The summed E-state index contributed by atoms with van der Waals surface area (Å²) in [5.41, 5.74) is 0.882. The summed E-state index contributed by atoms with van der Waals surface area (Å²) in [7, 11) is 0. The van der Waals surface area contributed by atoms with Crippen molar-refractivity contribution in [3.8, 4) is 0 Å². The lowest BCUT2D eigenvalue weighted by Crippen LogP contribution is -2.49. The quantitative estimate of drug-likeness (QED) is 0.531. The molecule has 11 heteroatoms. The molecular weight excluding hydrogens is 488 g/mol. The molecular formula is C25H33ClN4O6. The number of nitrogens with zero attached hydrogens (tertiary/aromatic N) is 3. The van der Waals surface area contributed by atoms with Gasteiger partial charge in [0, 0.05) is 57.9 Å². The summed E-state index contributed by atoms with van der Waals surface area (Å²) in [5.74, 6) is 0.486. The highest BCUT2D eigenvalue weighted by Gasteiger charge is 2.28. The smallest absolute Gasteiger partial charge is 0.407 e. The second-order valence-corrected chi connectivity index (χ2v) is 10.1. The number of carbonyl (C=O) groups excluding carboxylic acids is 3. The zero-order valence-electron chi connectivity index (χ0n) is 20.3.